The minimum absolute atomic E-state index is 0.299. The van der Waals surface area contributed by atoms with E-state index >= 15 is 0 Å². The second-order valence-electron chi connectivity index (χ2n) is 5.67. The molecule has 0 spiro atoms. The van der Waals surface area contributed by atoms with Gasteiger partial charge < -0.3 is 14.9 Å². The van der Waals surface area contributed by atoms with Gasteiger partial charge >= 0.3 is 11.9 Å². The average Bonchev–Trinajstić information content (AvgIpc) is 2.71. The summed E-state index contributed by atoms with van der Waals surface area (Å²) in [5, 5.41) is 16.6. The van der Waals surface area contributed by atoms with Gasteiger partial charge in [0.05, 0.1) is 7.11 Å². The molecule has 0 radical (unpaired) electrons. The number of ether oxygens (including phenoxy) is 1. The van der Waals surface area contributed by atoms with Crippen LogP contribution < -0.4 is 4.74 Å². The van der Waals surface area contributed by atoms with Crippen LogP contribution in [0.25, 0.3) is 0 Å². The molecule has 2 rings (SSSR count). The van der Waals surface area contributed by atoms with Crippen molar-refractivity contribution in [2.75, 3.05) is 7.11 Å². The zero-order valence-corrected chi connectivity index (χ0v) is 15.9. The SMILES string of the molecule is COc1ccc(C(=O)C=CC(=O)O)cc1.Cc1ccc(C(=O)C=CC(=O)O)cc1. The molecule has 0 saturated heterocycles. The molecule has 2 N–H and O–H groups in total. The third kappa shape index (κ3) is 8.96. The second-order valence-corrected chi connectivity index (χ2v) is 5.67. The quantitative estimate of drug-likeness (QED) is 0.544. The van der Waals surface area contributed by atoms with E-state index in [0.717, 1.165) is 29.9 Å². The molecule has 0 amide bonds. The molecule has 0 fully saturated rings. The predicted octanol–water partition coefficient (Wildman–Crippen LogP) is 3.34. The minimum Gasteiger partial charge on any atom is -0.497 e. The van der Waals surface area contributed by atoms with E-state index in [1.54, 1.807) is 36.4 Å². The van der Waals surface area contributed by atoms with Gasteiger partial charge in [-0.05, 0) is 43.3 Å². The number of benzene rings is 2. The lowest BCUT2D eigenvalue weighted by Gasteiger charge is -1.99. The van der Waals surface area contributed by atoms with Crippen molar-refractivity contribution in [1.82, 2.24) is 0 Å². The predicted molar refractivity (Wildman–Crippen MR) is 106 cm³/mol. The van der Waals surface area contributed by atoms with Gasteiger partial charge in [0.15, 0.2) is 11.6 Å². The summed E-state index contributed by atoms with van der Waals surface area (Å²) in [5.41, 5.74) is 1.98. The Morgan fingerprint density at radius 1 is 0.690 bits per heavy atom. The van der Waals surface area contributed by atoms with E-state index in [2.05, 4.69) is 0 Å². The van der Waals surface area contributed by atoms with Gasteiger partial charge in [0.2, 0.25) is 0 Å². The molecule has 0 saturated carbocycles. The maximum absolute atomic E-state index is 11.4. The number of carboxylic acids is 2. The number of carbonyl (C=O) groups is 4. The van der Waals surface area contributed by atoms with E-state index < -0.39 is 11.9 Å². The highest BCUT2D eigenvalue weighted by molar-refractivity contribution is 6.07. The van der Waals surface area contributed by atoms with Crippen LogP contribution in [-0.4, -0.2) is 40.8 Å². The van der Waals surface area contributed by atoms with Crippen molar-refractivity contribution in [3.05, 3.63) is 89.5 Å². The molecule has 0 aromatic heterocycles. The van der Waals surface area contributed by atoms with Crippen LogP contribution in [0.1, 0.15) is 26.3 Å². The highest BCUT2D eigenvalue weighted by atomic mass is 16.5. The van der Waals surface area contributed by atoms with E-state index in [-0.39, 0.29) is 11.6 Å². The van der Waals surface area contributed by atoms with E-state index in [4.69, 9.17) is 14.9 Å². The zero-order valence-electron chi connectivity index (χ0n) is 15.9. The number of aryl methyl sites for hydroxylation is 1. The first-order valence-electron chi connectivity index (χ1n) is 8.34. The Kier molecular flexibility index (Phi) is 9.26. The standard InChI is InChI=1S/C11H10O4.C11H10O3/c1-15-9-4-2-8(3-5-9)10(12)6-7-11(13)14;1-8-2-4-9(5-3-8)10(12)6-7-11(13)14/h2-7H,1H3,(H,13,14);2-7H,1H3,(H,13,14). The molecule has 7 heteroatoms. The Morgan fingerprint density at radius 2 is 1.07 bits per heavy atom. The summed E-state index contributed by atoms with van der Waals surface area (Å²) in [4.78, 5) is 43.0. The third-order valence-electron chi connectivity index (χ3n) is 3.47. The summed E-state index contributed by atoms with van der Waals surface area (Å²) in [6.45, 7) is 1.92. The van der Waals surface area contributed by atoms with Gasteiger partial charge in [0.1, 0.15) is 5.75 Å². The van der Waals surface area contributed by atoms with Gasteiger partial charge in [-0.2, -0.15) is 0 Å². The van der Waals surface area contributed by atoms with Crippen molar-refractivity contribution in [1.29, 1.82) is 0 Å². The summed E-state index contributed by atoms with van der Waals surface area (Å²) in [6, 6.07) is 13.4. The molecule has 150 valence electrons. The number of aliphatic carboxylic acids is 2. The summed E-state index contributed by atoms with van der Waals surface area (Å²) in [5.74, 6) is -2.26. The maximum atomic E-state index is 11.4. The van der Waals surface area contributed by atoms with Crippen molar-refractivity contribution in [3.8, 4) is 5.75 Å². The van der Waals surface area contributed by atoms with Crippen molar-refractivity contribution >= 4 is 23.5 Å². The van der Waals surface area contributed by atoms with Crippen LogP contribution in [0.5, 0.6) is 5.75 Å². The van der Waals surface area contributed by atoms with Crippen LogP contribution in [0.15, 0.2) is 72.8 Å². The number of hydrogen-bond acceptors (Lipinski definition) is 5. The van der Waals surface area contributed by atoms with Gasteiger partial charge in [-0.3, -0.25) is 9.59 Å². The zero-order chi connectivity index (χ0) is 21.8. The van der Waals surface area contributed by atoms with E-state index in [1.165, 1.54) is 7.11 Å². The molecule has 2 aromatic rings. The number of carboxylic acid groups (broad SMARTS) is 2. The smallest absolute Gasteiger partial charge is 0.328 e. The molecule has 0 aliphatic heterocycles. The molecule has 2 aromatic carbocycles. The molecule has 0 aliphatic carbocycles. The first-order chi connectivity index (χ1) is 13.7. The second kappa shape index (κ2) is 11.7. The third-order valence-corrected chi connectivity index (χ3v) is 3.47. The Labute approximate surface area is 167 Å². The molecule has 0 bridgehead atoms. The summed E-state index contributed by atoms with van der Waals surface area (Å²) in [7, 11) is 1.53. The van der Waals surface area contributed by atoms with Gasteiger partial charge in [0.25, 0.3) is 0 Å². The van der Waals surface area contributed by atoms with Gasteiger partial charge in [0, 0.05) is 23.3 Å². The van der Waals surface area contributed by atoms with E-state index in [9.17, 15) is 19.2 Å². The fourth-order valence-electron chi connectivity index (χ4n) is 1.96. The summed E-state index contributed by atoms with van der Waals surface area (Å²) < 4.78 is 4.92. The molecular formula is C22H20O7. The Morgan fingerprint density at radius 3 is 1.41 bits per heavy atom. The number of hydrogen-bond donors (Lipinski definition) is 2. The van der Waals surface area contributed by atoms with Crippen molar-refractivity contribution < 1.29 is 34.1 Å². The maximum Gasteiger partial charge on any atom is 0.328 e. The number of allylic oxidation sites excluding steroid dienone is 2. The summed E-state index contributed by atoms with van der Waals surface area (Å²) >= 11 is 0. The normalized spacial score (nSPS) is 10.3. The van der Waals surface area contributed by atoms with Crippen LogP contribution in [0.2, 0.25) is 0 Å². The van der Waals surface area contributed by atoms with Crippen LogP contribution in [0, 0.1) is 6.92 Å². The number of rotatable bonds is 7. The number of carbonyl (C=O) groups excluding carboxylic acids is 2. The van der Waals surface area contributed by atoms with E-state index in [0.29, 0.717) is 16.9 Å². The molecule has 7 nitrogen and oxygen atoms in total. The van der Waals surface area contributed by atoms with Gasteiger partial charge in [-0.25, -0.2) is 9.59 Å². The van der Waals surface area contributed by atoms with Crippen molar-refractivity contribution in [3.63, 3.8) is 0 Å². The topological polar surface area (TPSA) is 118 Å². The fraction of sp³-hybridized carbons (Fsp3) is 0.0909. The monoisotopic (exact) mass is 396 g/mol. The molecule has 0 unspecified atom stereocenters. The van der Waals surface area contributed by atoms with Crippen molar-refractivity contribution in [2.45, 2.75) is 6.92 Å². The lowest BCUT2D eigenvalue weighted by molar-refractivity contribution is -0.132. The highest BCUT2D eigenvalue weighted by Crippen LogP contribution is 2.11. The highest BCUT2D eigenvalue weighted by Gasteiger charge is 2.02. The van der Waals surface area contributed by atoms with E-state index in [1.807, 2.05) is 19.1 Å². The average molecular weight is 396 g/mol. The van der Waals surface area contributed by atoms with Gasteiger partial charge in [-0.1, -0.05) is 29.8 Å². The Hall–Kier alpha value is -4.00. The number of methoxy groups -OCH3 is 1. The molecule has 0 atom stereocenters. The largest absolute Gasteiger partial charge is 0.497 e. The molecule has 29 heavy (non-hydrogen) atoms. The Bertz CT molecular complexity index is 921. The first kappa shape index (κ1) is 23.0. The number of ketones is 2. The fourth-order valence-corrected chi connectivity index (χ4v) is 1.96. The lowest BCUT2D eigenvalue weighted by atomic mass is 10.1. The lowest BCUT2D eigenvalue weighted by Crippen LogP contribution is -1.96. The Balaban J connectivity index is 0.000000291. The van der Waals surface area contributed by atoms with Gasteiger partial charge in [-0.15, -0.1) is 0 Å². The molecule has 0 aliphatic rings. The van der Waals surface area contributed by atoms with Crippen LogP contribution >= 0.6 is 0 Å². The minimum atomic E-state index is -1.14. The summed E-state index contributed by atoms with van der Waals surface area (Å²) in [6.07, 6.45) is 3.71. The van der Waals surface area contributed by atoms with Crippen molar-refractivity contribution in [2.24, 2.45) is 0 Å². The molecule has 0 heterocycles. The van der Waals surface area contributed by atoms with Crippen LogP contribution in [-0.2, 0) is 9.59 Å². The first-order valence-corrected chi connectivity index (χ1v) is 8.34. The van der Waals surface area contributed by atoms with Crippen LogP contribution in [0.4, 0.5) is 0 Å². The van der Waals surface area contributed by atoms with Crippen LogP contribution in [0.3, 0.4) is 0 Å². The molecular weight excluding hydrogens is 376 g/mol.